The molecule has 2 atom stereocenters. The summed E-state index contributed by atoms with van der Waals surface area (Å²) in [5.41, 5.74) is 0.123. The van der Waals surface area contributed by atoms with Gasteiger partial charge in [0.1, 0.15) is 11.5 Å². The van der Waals surface area contributed by atoms with Crippen molar-refractivity contribution in [3.05, 3.63) is 36.1 Å². The van der Waals surface area contributed by atoms with Crippen LogP contribution in [0, 0.1) is 5.92 Å². The number of amides is 3. The number of furan rings is 1. The summed E-state index contributed by atoms with van der Waals surface area (Å²) < 4.78 is 31.1. The van der Waals surface area contributed by atoms with Crippen LogP contribution in [0.4, 0.5) is 0 Å². The highest BCUT2D eigenvalue weighted by atomic mass is 31.2. The highest BCUT2D eigenvalue weighted by molar-refractivity contribution is 7.60. The summed E-state index contributed by atoms with van der Waals surface area (Å²) in [7, 11) is -7.61. The minimum atomic E-state index is -4.74. The minimum absolute atomic E-state index is 0.0448. The van der Waals surface area contributed by atoms with Crippen LogP contribution in [0.25, 0.3) is 11.3 Å². The molecule has 2 rings (SSSR count). The number of ether oxygens (including phenoxy) is 1. The smallest absolute Gasteiger partial charge is 0.482 e. The summed E-state index contributed by atoms with van der Waals surface area (Å²) in [6.45, 7) is 2.73. The first-order valence-corrected chi connectivity index (χ1v) is 15.9. The molecule has 3 amide bonds. The van der Waals surface area contributed by atoms with E-state index in [1.807, 2.05) is 6.92 Å². The lowest BCUT2D eigenvalue weighted by Gasteiger charge is -2.29. The van der Waals surface area contributed by atoms with E-state index in [1.165, 1.54) is 18.2 Å². The molecule has 0 aliphatic heterocycles. The first-order chi connectivity index (χ1) is 20.6. The Labute approximate surface area is 252 Å². The van der Waals surface area contributed by atoms with Crippen LogP contribution >= 0.6 is 15.9 Å². The van der Waals surface area contributed by atoms with E-state index in [-0.39, 0.29) is 35.9 Å². The molecule has 1 heterocycles. The summed E-state index contributed by atoms with van der Waals surface area (Å²) in [5, 5.41) is 23.8. The van der Waals surface area contributed by atoms with E-state index in [9.17, 15) is 38.7 Å². The van der Waals surface area contributed by atoms with Crippen LogP contribution < -0.4 is 20.7 Å². The maximum absolute atomic E-state index is 12.9. The summed E-state index contributed by atoms with van der Waals surface area (Å²) in [4.78, 5) is 80.7. The zero-order chi connectivity index (χ0) is 33.4. The lowest BCUT2D eigenvalue weighted by atomic mass is 9.90. The van der Waals surface area contributed by atoms with Gasteiger partial charge in [0.15, 0.2) is 12.4 Å². The van der Waals surface area contributed by atoms with Crippen molar-refractivity contribution in [2.75, 3.05) is 13.3 Å². The molecule has 0 saturated carbocycles. The number of carbonyl (C=O) groups is 4. The molecule has 0 fully saturated rings. The summed E-state index contributed by atoms with van der Waals surface area (Å²) in [6.07, 6.45) is 3.53. The highest BCUT2D eigenvalue weighted by Crippen LogP contribution is 2.37. The standard InChI is InChI=1S/C25H34N3O11P.HO3P/c1-3-5-6-7-19(20(4-2)28(34)15-29)24(32)26-14-27-25(33)22-9-8-21(39-22)16-10-17(38-13-23(30)31)12-18(11-16)40(35,36)37;1-4(2)3/h8-12,15,19-20,34H,3-7,13-14H2,1-2H3,(H,26,32)(H,27,33)(H,30,31)(H2,35,36,37);(H-,1,2,3)/p+1/t19-,20-;/m1./s1. The van der Waals surface area contributed by atoms with Gasteiger partial charge in [-0.1, -0.05) is 33.1 Å². The van der Waals surface area contributed by atoms with Gasteiger partial charge < -0.3 is 34.7 Å². The number of hydroxylamine groups is 2. The number of hydrogen-bond acceptors (Lipinski definition) is 9. The van der Waals surface area contributed by atoms with E-state index in [2.05, 4.69) is 10.6 Å². The van der Waals surface area contributed by atoms with Crippen LogP contribution in [0.5, 0.6) is 5.75 Å². The third kappa shape index (κ3) is 13.3. The van der Waals surface area contributed by atoms with E-state index in [1.54, 1.807) is 6.92 Å². The van der Waals surface area contributed by atoms with Crippen molar-refractivity contribution >= 4 is 45.3 Å². The third-order valence-corrected chi connectivity index (χ3v) is 6.93. The van der Waals surface area contributed by atoms with Gasteiger partial charge in [0, 0.05) is 10.1 Å². The average Bonchev–Trinajstić information content (AvgIpc) is 3.45. The van der Waals surface area contributed by atoms with Gasteiger partial charge in [-0.25, -0.2) is 9.86 Å². The Bertz CT molecular complexity index is 1320. The Kier molecular flexibility index (Phi) is 16.4. The van der Waals surface area contributed by atoms with Gasteiger partial charge in [-0.2, -0.15) is 0 Å². The van der Waals surface area contributed by atoms with E-state index >= 15 is 0 Å². The minimum Gasteiger partial charge on any atom is -0.482 e. The lowest BCUT2D eigenvalue weighted by molar-refractivity contribution is -0.168. The number of aliphatic carboxylic acids is 1. The molecule has 0 unspecified atom stereocenters. The van der Waals surface area contributed by atoms with Crippen LogP contribution in [-0.4, -0.2) is 78.5 Å². The summed E-state index contributed by atoms with van der Waals surface area (Å²) in [6, 6.07) is 5.39. The molecular formula is C25H36N3O14P2+. The number of benzene rings is 1. The number of carbonyl (C=O) groups excluding carboxylic acids is 3. The van der Waals surface area contributed by atoms with E-state index in [0.717, 1.165) is 25.0 Å². The molecule has 0 spiro atoms. The normalized spacial score (nSPS) is 12.2. The lowest BCUT2D eigenvalue weighted by Crippen LogP contribution is -2.47. The molecule has 0 radical (unpaired) electrons. The van der Waals surface area contributed by atoms with Gasteiger partial charge in [-0.3, -0.25) is 24.2 Å². The molecule has 0 saturated heterocycles. The summed E-state index contributed by atoms with van der Waals surface area (Å²) >= 11 is 0. The van der Waals surface area contributed by atoms with Crippen LogP contribution in [0.3, 0.4) is 0 Å². The fraction of sp³-hybridized carbons (Fsp3) is 0.440. The average molecular weight is 665 g/mol. The first-order valence-electron chi connectivity index (χ1n) is 13.1. The van der Waals surface area contributed by atoms with Crippen molar-refractivity contribution in [3.63, 3.8) is 0 Å². The highest BCUT2D eigenvalue weighted by Gasteiger charge is 2.30. The van der Waals surface area contributed by atoms with Gasteiger partial charge in [0.25, 0.3) is 5.91 Å². The number of hydrogen-bond donors (Lipinski definition) is 8. The molecule has 2 aromatic rings. The van der Waals surface area contributed by atoms with Crippen LogP contribution in [-0.2, 0) is 23.5 Å². The van der Waals surface area contributed by atoms with E-state index in [0.29, 0.717) is 24.3 Å². The molecule has 244 valence electrons. The van der Waals surface area contributed by atoms with Crippen molar-refractivity contribution in [1.82, 2.24) is 15.7 Å². The SMILES string of the molecule is CCCCC[C@@H](C(=O)NCNC(=O)c1ccc(-c2cc(OCC(=O)O)cc(P(=O)(O)O)c2)o1)[C@@H](CC)N(O)C=O.O=[P+](O)O. The Morgan fingerprint density at radius 2 is 1.77 bits per heavy atom. The quantitative estimate of drug-likeness (QED) is 0.0297. The molecule has 8 N–H and O–H groups in total. The van der Waals surface area contributed by atoms with Crippen LogP contribution in [0.1, 0.15) is 56.5 Å². The predicted molar refractivity (Wildman–Crippen MR) is 153 cm³/mol. The number of carboxylic acid groups (broad SMARTS) is 1. The van der Waals surface area contributed by atoms with Crippen molar-refractivity contribution in [2.45, 2.75) is 52.0 Å². The Morgan fingerprint density at radius 1 is 1.11 bits per heavy atom. The first kappa shape index (κ1) is 38.3. The van der Waals surface area contributed by atoms with Crippen molar-refractivity contribution in [2.24, 2.45) is 5.92 Å². The zero-order valence-corrected chi connectivity index (χ0v) is 25.6. The van der Waals surface area contributed by atoms with Crippen LogP contribution in [0.2, 0.25) is 0 Å². The van der Waals surface area contributed by atoms with Gasteiger partial charge >= 0.3 is 21.8 Å². The largest absolute Gasteiger partial charge is 0.692 e. The molecule has 17 nitrogen and oxygen atoms in total. The van der Waals surface area contributed by atoms with Crippen molar-refractivity contribution < 1.29 is 67.3 Å². The number of carboxylic acids is 1. The molecule has 1 aromatic heterocycles. The number of nitrogens with zero attached hydrogens (tertiary/aromatic N) is 1. The fourth-order valence-corrected chi connectivity index (χ4v) is 4.62. The van der Waals surface area contributed by atoms with Gasteiger partial charge in [0.2, 0.25) is 12.3 Å². The topological polar surface area (TPSA) is 273 Å². The van der Waals surface area contributed by atoms with Crippen molar-refractivity contribution in [1.29, 1.82) is 0 Å². The number of rotatable bonds is 17. The second kappa shape index (κ2) is 18.9. The van der Waals surface area contributed by atoms with Gasteiger partial charge in [-0.15, -0.1) is 9.79 Å². The number of unbranched alkanes of at least 4 members (excludes halogenated alkanes) is 2. The van der Waals surface area contributed by atoms with E-state index < -0.39 is 57.5 Å². The molecule has 19 heteroatoms. The molecule has 0 bridgehead atoms. The Balaban J connectivity index is 0.00000227. The zero-order valence-electron chi connectivity index (χ0n) is 23.9. The molecule has 0 aliphatic rings. The maximum Gasteiger partial charge on any atom is 0.692 e. The third-order valence-electron chi connectivity index (χ3n) is 6.00. The number of nitrogens with one attached hydrogen (secondary N) is 2. The molecule has 0 aliphatic carbocycles. The molecular weight excluding hydrogens is 628 g/mol. The molecule has 1 aromatic carbocycles. The monoisotopic (exact) mass is 664 g/mol. The Morgan fingerprint density at radius 3 is 2.32 bits per heavy atom. The Hall–Kier alpha value is -3.69. The predicted octanol–water partition coefficient (Wildman–Crippen LogP) is 1.47. The van der Waals surface area contributed by atoms with Crippen LogP contribution in [0.15, 0.2) is 34.7 Å². The second-order valence-corrected chi connectivity index (χ2v) is 11.3. The van der Waals surface area contributed by atoms with Gasteiger partial charge in [0.05, 0.1) is 23.9 Å². The maximum atomic E-state index is 12.9. The second-order valence-electron chi connectivity index (χ2n) is 9.15. The van der Waals surface area contributed by atoms with E-state index in [4.69, 9.17) is 28.6 Å². The van der Waals surface area contributed by atoms with Gasteiger partial charge in [-0.05, 0) is 43.2 Å². The van der Waals surface area contributed by atoms with Crippen molar-refractivity contribution in [3.8, 4) is 17.1 Å². The summed E-state index contributed by atoms with van der Waals surface area (Å²) in [5.74, 6) is -3.40. The molecule has 44 heavy (non-hydrogen) atoms. The fourth-order valence-electron chi connectivity index (χ4n) is 4.01.